The molecule has 78 valence electrons. The molecule has 0 aliphatic heterocycles. The number of ether oxygens (including phenoxy) is 1. The van der Waals surface area contributed by atoms with Crippen molar-refractivity contribution in [1.29, 1.82) is 0 Å². The van der Waals surface area contributed by atoms with Crippen LogP contribution in [0.25, 0.3) is 0 Å². The topological polar surface area (TPSA) is 38.3 Å². The zero-order chi connectivity index (χ0) is 9.94. The zero-order valence-corrected chi connectivity index (χ0v) is 10.1. The van der Waals surface area contributed by atoms with Crippen LogP contribution < -0.4 is 5.32 Å². The Morgan fingerprint density at radius 1 is 1.46 bits per heavy atom. The largest absolute Gasteiger partial charge is 0.457 e. The Morgan fingerprint density at radius 2 is 2.15 bits per heavy atom. The van der Waals surface area contributed by atoms with Crippen LogP contribution in [-0.2, 0) is 4.74 Å². The average molecular weight is 241 g/mol. The van der Waals surface area contributed by atoms with Gasteiger partial charge in [0.1, 0.15) is 6.61 Å². The molecule has 0 saturated heterocycles. The first-order valence-corrected chi connectivity index (χ1v) is 7.01. The van der Waals surface area contributed by atoms with Crippen LogP contribution in [0.5, 0.6) is 0 Å². The zero-order valence-electron chi connectivity index (χ0n) is 7.62. The van der Waals surface area contributed by atoms with Crippen LogP contribution in [0.15, 0.2) is 0 Å². The molecule has 0 aromatic rings. The highest BCUT2D eigenvalue weighted by Crippen LogP contribution is 2.19. The number of rotatable bonds is 8. The van der Waals surface area contributed by atoms with Crippen LogP contribution in [0, 0.1) is 0 Å². The molecule has 0 fully saturated rings. The van der Waals surface area contributed by atoms with Gasteiger partial charge in [0.25, 0.3) is 0 Å². The van der Waals surface area contributed by atoms with E-state index in [4.69, 9.17) is 0 Å². The van der Waals surface area contributed by atoms with Gasteiger partial charge in [-0.2, -0.15) is 0 Å². The van der Waals surface area contributed by atoms with Crippen molar-refractivity contribution < 1.29 is 9.53 Å². The predicted molar refractivity (Wildman–Crippen MR) is 63.8 cm³/mol. The van der Waals surface area contributed by atoms with E-state index in [0.717, 1.165) is 24.6 Å². The third-order valence-electron chi connectivity index (χ3n) is 1.09. The van der Waals surface area contributed by atoms with E-state index in [1.165, 1.54) is 0 Å². The first-order chi connectivity index (χ1) is 6.27. The number of thiol groups is 1. The van der Waals surface area contributed by atoms with Crippen LogP contribution in [0.1, 0.15) is 6.92 Å². The fourth-order valence-electron chi connectivity index (χ4n) is 0.571. The number of carbonyl (C=O) groups is 1. The summed E-state index contributed by atoms with van der Waals surface area (Å²) >= 11 is 3.48. The fourth-order valence-corrected chi connectivity index (χ4v) is 2.44. The lowest BCUT2D eigenvalue weighted by Gasteiger charge is -2.01. The van der Waals surface area contributed by atoms with E-state index >= 15 is 0 Å². The van der Waals surface area contributed by atoms with Crippen molar-refractivity contribution in [2.24, 2.45) is 0 Å². The highest BCUT2D eigenvalue weighted by Gasteiger charge is 1.94. The van der Waals surface area contributed by atoms with E-state index in [9.17, 15) is 4.79 Å². The second kappa shape index (κ2) is 10.6. The molecular formula is C7H15NO2S3. The number of hydrogen-bond acceptors (Lipinski definition) is 5. The smallest absolute Gasteiger partial charge is 0.364 e. The van der Waals surface area contributed by atoms with Crippen molar-refractivity contribution in [2.45, 2.75) is 6.92 Å². The van der Waals surface area contributed by atoms with Crippen LogP contribution in [0.2, 0.25) is 0 Å². The molecule has 0 radical (unpaired) electrons. The summed E-state index contributed by atoms with van der Waals surface area (Å²) in [4.78, 5) is 10.2. The molecule has 0 bridgehead atoms. The maximum atomic E-state index is 10.2. The second-order valence-corrected chi connectivity index (χ2v) is 5.18. The molecule has 13 heavy (non-hydrogen) atoms. The van der Waals surface area contributed by atoms with Gasteiger partial charge < -0.3 is 10.1 Å². The van der Waals surface area contributed by atoms with Crippen LogP contribution in [-0.4, -0.2) is 36.5 Å². The molecule has 0 rings (SSSR count). The lowest BCUT2D eigenvalue weighted by molar-refractivity contribution is 0.183. The van der Waals surface area contributed by atoms with Gasteiger partial charge in [-0.25, -0.2) is 4.79 Å². The average Bonchev–Trinajstić information content (AvgIpc) is 2.09. The monoisotopic (exact) mass is 241 g/mol. The van der Waals surface area contributed by atoms with Crippen LogP contribution in [0.3, 0.4) is 0 Å². The van der Waals surface area contributed by atoms with E-state index in [2.05, 4.69) is 29.6 Å². The molecule has 0 aromatic carbocycles. The third-order valence-corrected chi connectivity index (χ3v) is 3.59. The molecule has 0 heterocycles. The standard InChI is InChI=1S/C7H15NO2S3/c1-2-8-3-5-12-13-6-4-10-7(9)11/h8H,2-6H2,1H3,(H,9,11). The summed E-state index contributed by atoms with van der Waals surface area (Å²) in [5.41, 5.74) is 0. The normalized spacial score (nSPS) is 10.0. The summed E-state index contributed by atoms with van der Waals surface area (Å²) in [7, 11) is 3.49. The quantitative estimate of drug-likeness (QED) is 0.294. The summed E-state index contributed by atoms with van der Waals surface area (Å²) in [5, 5.41) is 2.72. The van der Waals surface area contributed by atoms with Gasteiger partial charge in [-0.1, -0.05) is 41.1 Å². The van der Waals surface area contributed by atoms with Gasteiger partial charge in [0.15, 0.2) is 0 Å². The van der Waals surface area contributed by atoms with E-state index in [1.54, 1.807) is 21.6 Å². The van der Waals surface area contributed by atoms with E-state index in [0.29, 0.717) is 6.61 Å². The Kier molecular flexibility index (Phi) is 11.0. The Morgan fingerprint density at radius 3 is 2.77 bits per heavy atom. The minimum absolute atomic E-state index is 0.446. The van der Waals surface area contributed by atoms with Gasteiger partial charge in [-0.15, -0.1) is 0 Å². The molecule has 0 saturated carbocycles. The minimum atomic E-state index is -0.502. The highest BCUT2D eigenvalue weighted by atomic mass is 33.1. The molecule has 6 heteroatoms. The minimum Gasteiger partial charge on any atom is -0.457 e. The first-order valence-electron chi connectivity index (χ1n) is 4.08. The van der Waals surface area contributed by atoms with Crippen molar-refractivity contribution in [1.82, 2.24) is 5.32 Å². The van der Waals surface area contributed by atoms with Gasteiger partial charge in [0.2, 0.25) is 0 Å². The second-order valence-electron chi connectivity index (χ2n) is 2.11. The molecule has 0 unspecified atom stereocenters. The predicted octanol–water partition coefficient (Wildman–Crippen LogP) is 2.04. The molecule has 0 atom stereocenters. The Labute approximate surface area is 92.6 Å². The van der Waals surface area contributed by atoms with Gasteiger partial charge in [0, 0.05) is 18.1 Å². The van der Waals surface area contributed by atoms with Crippen molar-refractivity contribution in [3.63, 3.8) is 0 Å². The fraction of sp³-hybridized carbons (Fsp3) is 0.857. The van der Waals surface area contributed by atoms with E-state index < -0.39 is 5.30 Å². The summed E-state index contributed by atoms with van der Waals surface area (Å²) in [6.45, 7) is 4.58. The van der Waals surface area contributed by atoms with Crippen molar-refractivity contribution in [3.05, 3.63) is 0 Å². The summed E-state index contributed by atoms with van der Waals surface area (Å²) in [6, 6.07) is 0. The van der Waals surface area contributed by atoms with Crippen molar-refractivity contribution >= 4 is 39.5 Å². The van der Waals surface area contributed by atoms with E-state index in [1.807, 2.05) is 0 Å². The SMILES string of the molecule is CCNCCSSCCOC(=O)S. The van der Waals surface area contributed by atoms with Crippen LogP contribution >= 0.6 is 34.2 Å². The van der Waals surface area contributed by atoms with Gasteiger partial charge in [-0.05, 0) is 6.54 Å². The Bertz CT molecular complexity index is 135. The van der Waals surface area contributed by atoms with Crippen molar-refractivity contribution in [3.8, 4) is 0 Å². The summed E-state index contributed by atoms with van der Waals surface area (Å²) < 4.78 is 4.65. The summed E-state index contributed by atoms with van der Waals surface area (Å²) in [5.74, 6) is 1.90. The van der Waals surface area contributed by atoms with Crippen LogP contribution in [0.4, 0.5) is 4.79 Å². The number of carbonyl (C=O) groups excluding carboxylic acids is 1. The molecule has 0 aliphatic carbocycles. The third kappa shape index (κ3) is 12.5. The van der Waals surface area contributed by atoms with Gasteiger partial charge in [-0.3, -0.25) is 0 Å². The lowest BCUT2D eigenvalue weighted by atomic mass is 10.7. The van der Waals surface area contributed by atoms with Crippen molar-refractivity contribution in [2.75, 3.05) is 31.2 Å². The highest BCUT2D eigenvalue weighted by molar-refractivity contribution is 8.76. The molecule has 3 nitrogen and oxygen atoms in total. The molecule has 0 spiro atoms. The van der Waals surface area contributed by atoms with Gasteiger partial charge in [0.05, 0.1) is 0 Å². The number of hydrogen-bond donors (Lipinski definition) is 2. The molecular weight excluding hydrogens is 226 g/mol. The molecule has 0 aromatic heterocycles. The molecule has 0 amide bonds. The Hall–Kier alpha value is 0.480. The molecule has 1 N–H and O–H groups in total. The maximum Gasteiger partial charge on any atom is 0.364 e. The Balaban J connectivity index is 2.87. The van der Waals surface area contributed by atoms with E-state index in [-0.39, 0.29) is 0 Å². The van der Waals surface area contributed by atoms with Gasteiger partial charge >= 0.3 is 5.30 Å². The lowest BCUT2D eigenvalue weighted by Crippen LogP contribution is -2.15. The first kappa shape index (κ1) is 13.5. The molecule has 0 aliphatic rings. The number of nitrogens with one attached hydrogen (secondary N) is 1. The summed E-state index contributed by atoms with van der Waals surface area (Å²) in [6.07, 6.45) is 0. The maximum absolute atomic E-state index is 10.2.